The topological polar surface area (TPSA) is 6.48 Å². The summed E-state index contributed by atoms with van der Waals surface area (Å²) < 4.78 is 0. The smallest absolute Gasteiger partial charge is 0.0361 e. The van der Waals surface area contributed by atoms with Gasteiger partial charge in [-0.2, -0.15) is 0 Å². The third-order valence-corrected chi connectivity index (χ3v) is 4.88. The van der Waals surface area contributed by atoms with Crippen LogP contribution >= 0.6 is 0 Å². The monoisotopic (exact) mass is 356 g/mol. The molecule has 0 aliphatic carbocycles. The van der Waals surface area contributed by atoms with Crippen molar-refractivity contribution < 1.29 is 0 Å². The highest BCUT2D eigenvalue weighted by molar-refractivity contribution is 5.80. The van der Waals surface area contributed by atoms with Crippen LogP contribution in [0.25, 0.3) is 11.6 Å². The molecule has 0 bridgehead atoms. The van der Waals surface area contributed by atoms with Gasteiger partial charge < -0.3 is 9.80 Å². The second kappa shape index (κ2) is 8.13. The predicted molar refractivity (Wildman–Crippen MR) is 119 cm³/mol. The van der Waals surface area contributed by atoms with E-state index in [1.165, 1.54) is 38.5 Å². The van der Waals surface area contributed by atoms with Gasteiger partial charge in [0.15, 0.2) is 0 Å². The third kappa shape index (κ3) is 4.22. The molecule has 0 fully saturated rings. The van der Waals surface area contributed by atoms with Crippen LogP contribution in [0.3, 0.4) is 0 Å². The first-order valence-corrected chi connectivity index (χ1v) is 9.32. The van der Waals surface area contributed by atoms with Crippen molar-refractivity contribution in [1.29, 1.82) is 0 Å². The molecule has 2 heteroatoms. The minimum absolute atomic E-state index is 1.21. The summed E-state index contributed by atoms with van der Waals surface area (Å²) in [4.78, 5) is 4.25. The molecule has 0 aromatic heterocycles. The zero-order valence-corrected chi connectivity index (χ0v) is 16.9. The highest BCUT2D eigenvalue weighted by Crippen LogP contribution is 2.25. The Balaban J connectivity index is 2.19. The lowest BCUT2D eigenvalue weighted by Crippen LogP contribution is -2.13. The molecular formula is C25H28N2. The van der Waals surface area contributed by atoms with Crippen molar-refractivity contribution in [2.45, 2.75) is 6.92 Å². The quantitative estimate of drug-likeness (QED) is 0.700. The van der Waals surface area contributed by atoms with E-state index < -0.39 is 0 Å². The summed E-state index contributed by atoms with van der Waals surface area (Å²) in [7, 11) is 8.28. The predicted octanol–water partition coefficient (Wildman–Crippen LogP) is 3.87. The maximum absolute atomic E-state index is 2.21. The van der Waals surface area contributed by atoms with Crippen molar-refractivity contribution in [2.75, 3.05) is 38.0 Å². The van der Waals surface area contributed by atoms with Crippen LogP contribution in [0, 0.1) is 0 Å². The first-order chi connectivity index (χ1) is 13.0. The summed E-state index contributed by atoms with van der Waals surface area (Å²) in [5, 5.41) is 2.47. The van der Waals surface area contributed by atoms with Crippen molar-refractivity contribution in [3.05, 3.63) is 94.4 Å². The lowest BCUT2D eigenvalue weighted by atomic mass is 9.95. The second-order valence-electron chi connectivity index (χ2n) is 7.17. The molecule has 0 radical (unpaired) electrons. The van der Waals surface area contributed by atoms with Crippen LogP contribution in [0.1, 0.15) is 18.1 Å². The molecule has 0 saturated heterocycles. The van der Waals surface area contributed by atoms with Crippen LogP contribution < -0.4 is 20.2 Å². The number of rotatable bonds is 4. The van der Waals surface area contributed by atoms with Gasteiger partial charge in [0, 0.05) is 39.6 Å². The molecule has 0 amide bonds. The number of nitrogens with zero attached hydrogens (tertiary/aromatic N) is 2. The number of anilines is 2. The van der Waals surface area contributed by atoms with E-state index >= 15 is 0 Å². The molecule has 3 rings (SSSR count). The molecule has 0 spiro atoms. The largest absolute Gasteiger partial charge is 0.378 e. The molecule has 0 aliphatic rings. The summed E-state index contributed by atoms with van der Waals surface area (Å²) in [6.07, 6.45) is 2.13. The maximum atomic E-state index is 2.21. The van der Waals surface area contributed by atoms with E-state index in [2.05, 4.69) is 124 Å². The lowest BCUT2D eigenvalue weighted by Gasteiger charge is -2.16. The van der Waals surface area contributed by atoms with E-state index in [0.29, 0.717) is 0 Å². The highest BCUT2D eigenvalue weighted by Gasteiger charge is 2.08. The molecule has 0 unspecified atom stereocenters. The SMILES string of the molecule is CC=c1ccc(=C(c2ccc(N(C)C)cc2)c2ccc(N(C)C)cc2)cc1. The van der Waals surface area contributed by atoms with Gasteiger partial charge in [-0.15, -0.1) is 0 Å². The fraction of sp³-hybridized carbons (Fsp3) is 0.200. The lowest BCUT2D eigenvalue weighted by molar-refractivity contribution is 1.13. The maximum Gasteiger partial charge on any atom is 0.0361 e. The van der Waals surface area contributed by atoms with Crippen molar-refractivity contribution in [2.24, 2.45) is 0 Å². The fourth-order valence-corrected chi connectivity index (χ4v) is 3.19. The molecule has 0 aliphatic heterocycles. The molecule has 0 N–H and O–H groups in total. The minimum Gasteiger partial charge on any atom is -0.378 e. The summed E-state index contributed by atoms with van der Waals surface area (Å²) in [5.74, 6) is 0. The summed E-state index contributed by atoms with van der Waals surface area (Å²) in [5.41, 5.74) is 6.13. The average Bonchev–Trinajstić information content (AvgIpc) is 2.69. The van der Waals surface area contributed by atoms with Gasteiger partial charge in [-0.3, -0.25) is 0 Å². The van der Waals surface area contributed by atoms with Crippen molar-refractivity contribution in [1.82, 2.24) is 0 Å². The Morgan fingerprint density at radius 2 is 1.00 bits per heavy atom. The number of hydrogen-bond acceptors (Lipinski definition) is 2. The van der Waals surface area contributed by atoms with Gasteiger partial charge in [-0.25, -0.2) is 0 Å². The number of benzene rings is 3. The molecule has 0 heterocycles. The molecule has 2 nitrogen and oxygen atoms in total. The van der Waals surface area contributed by atoms with Crippen molar-refractivity contribution >= 4 is 23.0 Å². The first-order valence-electron chi connectivity index (χ1n) is 9.32. The Morgan fingerprint density at radius 3 is 1.33 bits per heavy atom. The number of hydrogen-bond donors (Lipinski definition) is 0. The van der Waals surface area contributed by atoms with Crippen LogP contribution in [-0.2, 0) is 0 Å². The molecule has 0 saturated carbocycles. The van der Waals surface area contributed by atoms with E-state index in [4.69, 9.17) is 0 Å². The molecular weight excluding hydrogens is 328 g/mol. The standard InChI is InChI=1S/C25H28N2/c1-6-19-7-9-20(10-8-19)25(21-11-15-23(16-12-21)26(2)3)22-13-17-24(18-14-22)27(4)5/h6-18H,1-5H3. The molecule has 138 valence electrons. The Morgan fingerprint density at radius 1 is 0.593 bits per heavy atom. The Hall–Kier alpha value is -3.00. The van der Waals surface area contributed by atoms with E-state index in [1.807, 2.05) is 0 Å². The minimum atomic E-state index is 1.21. The van der Waals surface area contributed by atoms with Crippen LogP contribution in [-0.4, -0.2) is 28.2 Å². The normalized spacial score (nSPS) is 10.4. The second-order valence-corrected chi connectivity index (χ2v) is 7.17. The summed E-state index contributed by atoms with van der Waals surface area (Å²) >= 11 is 0. The van der Waals surface area contributed by atoms with Gasteiger partial charge in [-0.05, 0) is 58.3 Å². The summed E-state index contributed by atoms with van der Waals surface area (Å²) in [6, 6.07) is 26.3. The van der Waals surface area contributed by atoms with Crippen LogP contribution in [0.4, 0.5) is 11.4 Å². The molecule has 0 atom stereocenters. The zero-order valence-electron chi connectivity index (χ0n) is 16.9. The van der Waals surface area contributed by atoms with E-state index in [-0.39, 0.29) is 0 Å². The first kappa shape index (κ1) is 18.8. The van der Waals surface area contributed by atoms with Gasteiger partial charge in [0.25, 0.3) is 0 Å². The van der Waals surface area contributed by atoms with Crippen molar-refractivity contribution in [3.63, 3.8) is 0 Å². The van der Waals surface area contributed by atoms with Gasteiger partial charge in [-0.1, -0.05) is 54.6 Å². The van der Waals surface area contributed by atoms with E-state index in [0.717, 1.165) is 0 Å². The zero-order chi connectivity index (χ0) is 19.4. The fourth-order valence-electron chi connectivity index (χ4n) is 3.19. The van der Waals surface area contributed by atoms with E-state index in [9.17, 15) is 0 Å². The van der Waals surface area contributed by atoms with Gasteiger partial charge in [0.2, 0.25) is 0 Å². The van der Waals surface area contributed by atoms with Crippen LogP contribution in [0.5, 0.6) is 0 Å². The van der Waals surface area contributed by atoms with Crippen molar-refractivity contribution in [3.8, 4) is 0 Å². The molecule has 3 aromatic carbocycles. The van der Waals surface area contributed by atoms with Crippen LogP contribution in [0.15, 0.2) is 72.8 Å². The van der Waals surface area contributed by atoms with Gasteiger partial charge in [0.05, 0.1) is 0 Å². The van der Waals surface area contributed by atoms with Gasteiger partial charge >= 0.3 is 0 Å². The Bertz CT molecular complexity index is 934. The molecule has 27 heavy (non-hydrogen) atoms. The Labute approximate surface area is 162 Å². The highest BCUT2D eigenvalue weighted by atomic mass is 15.1. The Kier molecular flexibility index (Phi) is 5.66. The van der Waals surface area contributed by atoms with E-state index in [1.54, 1.807) is 0 Å². The average molecular weight is 357 g/mol. The molecule has 3 aromatic rings. The summed E-state index contributed by atoms with van der Waals surface area (Å²) in [6.45, 7) is 2.07. The van der Waals surface area contributed by atoms with Gasteiger partial charge in [0.1, 0.15) is 0 Å². The van der Waals surface area contributed by atoms with Crippen LogP contribution in [0.2, 0.25) is 0 Å². The third-order valence-electron chi connectivity index (χ3n) is 4.88.